The van der Waals surface area contributed by atoms with Gasteiger partial charge >= 0.3 is 0 Å². The van der Waals surface area contributed by atoms with Crippen molar-refractivity contribution in [3.63, 3.8) is 0 Å². The van der Waals surface area contributed by atoms with Crippen LogP contribution in [-0.4, -0.2) is 51.8 Å². The topological polar surface area (TPSA) is 70.4 Å². The lowest BCUT2D eigenvalue weighted by Crippen LogP contribution is -2.40. The molecule has 1 atom stereocenters. The number of hydrogen-bond acceptors (Lipinski definition) is 4. The molecule has 2 aromatic rings. The van der Waals surface area contributed by atoms with Crippen molar-refractivity contribution in [2.75, 3.05) is 20.1 Å². The van der Waals surface area contributed by atoms with Crippen LogP contribution in [0.25, 0.3) is 0 Å². The Morgan fingerprint density at radius 1 is 1.17 bits per heavy atom. The zero-order chi connectivity index (χ0) is 21.1. The molecule has 160 valence electrons. The summed E-state index contributed by atoms with van der Waals surface area (Å²) in [6.45, 7) is 9.68. The van der Waals surface area contributed by atoms with E-state index in [9.17, 15) is 0 Å². The number of aliphatic imine (C=N–C) groups is 1. The van der Waals surface area contributed by atoms with E-state index in [2.05, 4.69) is 77.0 Å². The minimum Gasteiger partial charge on any atom is -0.356 e. The molecule has 0 fully saturated rings. The third-order valence-corrected chi connectivity index (χ3v) is 5.27. The fourth-order valence-electron chi connectivity index (χ4n) is 2.94. The van der Waals surface area contributed by atoms with Gasteiger partial charge in [-0.05, 0) is 39.3 Å². The molecular formula is C22H37N7. The number of unbranched alkanes of at least 4 members (excludes halogenated alkanes) is 1. The molecule has 1 heterocycles. The van der Waals surface area contributed by atoms with Crippen molar-refractivity contribution in [1.82, 2.24) is 30.3 Å². The molecule has 7 heteroatoms. The van der Waals surface area contributed by atoms with Crippen molar-refractivity contribution in [2.24, 2.45) is 12.0 Å². The summed E-state index contributed by atoms with van der Waals surface area (Å²) in [5.74, 6) is 2.62. The highest BCUT2D eigenvalue weighted by Gasteiger charge is 2.10. The van der Waals surface area contributed by atoms with Crippen molar-refractivity contribution < 1.29 is 0 Å². The van der Waals surface area contributed by atoms with Crippen LogP contribution >= 0.6 is 0 Å². The highest BCUT2D eigenvalue weighted by atomic mass is 15.3. The highest BCUT2D eigenvalue weighted by molar-refractivity contribution is 5.79. The Labute approximate surface area is 175 Å². The molecule has 0 aliphatic rings. The van der Waals surface area contributed by atoms with E-state index in [-0.39, 0.29) is 0 Å². The van der Waals surface area contributed by atoms with Crippen molar-refractivity contribution in [3.8, 4) is 0 Å². The predicted molar refractivity (Wildman–Crippen MR) is 120 cm³/mol. The van der Waals surface area contributed by atoms with E-state index in [0.717, 1.165) is 56.5 Å². The fraction of sp³-hybridized carbons (Fsp3) is 0.591. The maximum atomic E-state index is 4.71. The van der Waals surface area contributed by atoms with E-state index in [1.165, 1.54) is 5.56 Å². The molecule has 29 heavy (non-hydrogen) atoms. The Morgan fingerprint density at radius 2 is 1.90 bits per heavy atom. The van der Waals surface area contributed by atoms with Crippen molar-refractivity contribution in [1.29, 1.82) is 0 Å². The summed E-state index contributed by atoms with van der Waals surface area (Å²) in [5.41, 5.74) is 1.34. The average molecular weight is 400 g/mol. The van der Waals surface area contributed by atoms with Crippen LogP contribution in [0.4, 0.5) is 0 Å². The van der Waals surface area contributed by atoms with Crippen molar-refractivity contribution in [3.05, 3.63) is 47.5 Å². The SMILES string of the molecule is CCCCNC(=NCc1nnc(C)n1C)NCCC(C)N(C)Cc1ccccc1. The van der Waals surface area contributed by atoms with Gasteiger partial charge in [0, 0.05) is 32.7 Å². The van der Waals surface area contributed by atoms with Crippen LogP contribution in [0.5, 0.6) is 0 Å². The van der Waals surface area contributed by atoms with Crippen LogP contribution in [0.3, 0.4) is 0 Å². The molecule has 1 aromatic heterocycles. The van der Waals surface area contributed by atoms with Crippen LogP contribution in [0.1, 0.15) is 50.3 Å². The van der Waals surface area contributed by atoms with E-state index in [1.807, 2.05) is 18.5 Å². The molecule has 0 saturated heterocycles. The molecule has 0 amide bonds. The maximum absolute atomic E-state index is 4.71. The lowest BCUT2D eigenvalue weighted by molar-refractivity contribution is 0.238. The van der Waals surface area contributed by atoms with Crippen molar-refractivity contribution in [2.45, 2.75) is 59.2 Å². The van der Waals surface area contributed by atoms with Gasteiger partial charge in [-0.15, -0.1) is 10.2 Å². The minimum absolute atomic E-state index is 0.473. The maximum Gasteiger partial charge on any atom is 0.191 e. The molecule has 0 bridgehead atoms. The average Bonchev–Trinajstić information content (AvgIpc) is 3.04. The second kappa shape index (κ2) is 12.2. The third-order valence-electron chi connectivity index (χ3n) is 5.27. The van der Waals surface area contributed by atoms with E-state index < -0.39 is 0 Å². The van der Waals surface area contributed by atoms with Gasteiger partial charge in [0.05, 0.1) is 0 Å². The van der Waals surface area contributed by atoms with E-state index in [4.69, 9.17) is 4.99 Å². The normalized spacial score (nSPS) is 13.0. The number of benzene rings is 1. The number of hydrogen-bond donors (Lipinski definition) is 2. The van der Waals surface area contributed by atoms with E-state index in [0.29, 0.717) is 12.6 Å². The molecule has 2 N–H and O–H groups in total. The second-order valence-corrected chi connectivity index (χ2v) is 7.63. The molecular weight excluding hydrogens is 362 g/mol. The van der Waals surface area contributed by atoms with Crippen LogP contribution < -0.4 is 10.6 Å². The lowest BCUT2D eigenvalue weighted by atomic mass is 10.1. The Balaban J connectivity index is 1.84. The first kappa shape index (κ1) is 22.9. The summed E-state index contributed by atoms with van der Waals surface area (Å²) in [6, 6.07) is 11.1. The fourth-order valence-corrected chi connectivity index (χ4v) is 2.94. The smallest absolute Gasteiger partial charge is 0.191 e. The quantitative estimate of drug-likeness (QED) is 0.345. The van der Waals surface area contributed by atoms with Gasteiger partial charge in [0.25, 0.3) is 0 Å². The first-order chi connectivity index (χ1) is 14.0. The van der Waals surface area contributed by atoms with Crippen LogP contribution in [0, 0.1) is 6.92 Å². The van der Waals surface area contributed by atoms with Gasteiger partial charge in [0.2, 0.25) is 0 Å². The van der Waals surface area contributed by atoms with Gasteiger partial charge in [0.1, 0.15) is 12.4 Å². The number of aromatic nitrogens is 3. The van der Waals surface area contributed by atoms with Crippen molar-refractivity contribution >= 4 is 5.96 Å². The van der Waals surface area contributed by atoms with Gasteiger partial charge in [-0.3, -0.25) is 4.90 Å². The molecule has 0 spiro atoms. The highest BCUT2D eigenvalue weighted by Crippen LogP contribution is 2.08. The summed E-state index contributed by atoms with van der Waals surface area (Å²) >= 11 is 0. The van der Waals surface area contributed by atoms with Crippen LogP contribution in [0.2, 0.25) is 0 Å². The summed E-state index contributed by atoms with van der Waals surface area (Å²) in [4.78, 5) is 7.10. The number of guanidine groups is 1. The molecule has 0 aliphatic heterocycles. The summed E-state index contributed by atoms with van der Waals surface area (Å²) < 4.78 is 1.98. The summed E-state index contributed by atoms with van der Waals surface area (Å²) in [6.07, 6.45) is 3.32. The summed E-state index contributed by atoms with van der Waals surface area (Å²) in [5, 5.41) is 15.2. The Morgan fingerprint density at radius 3 is 2.55 bits per heavy atom. The first-order valence-corrected chi connectivity index (χ1v) is 10.6. The monoisotopic (exact) mass is 399 g/mol. The Hall–Kier alpha value is -2.41. The predicted octanol–water partition coefficient (Wildman–Crippen LogP) is 2.87. The Bertz CT molecular complexity index is 739. The van der Waals surface area contributed by atoms with Gasteiger partial charge in [-0.25, -0.2) is 4.99 Å². The largest absolute Gasteiger partial charge is 0.356 e. The summed E-state index contributed by atoms with van der Waals surface area (Å²) in [7, 11) is 4.16. The minimum atomic E-state index is 0.473. The first-order valence-electron chi connectivity index (χ1n) is 10.6. The van der Waals surface area contributed by atoms with Gasteiger partial charge in [0.15, 0.2) is 11.8 Å². The second-order valence-electron chi connectivity index (χ2n) is 7.63. The van der Waals surface area contributed by atoms with Gasteiger partial charge in [-0.1, -0.05) is 43.7 Å². The molecule has 0 saturated carbocycles. The number of aryl methyl sites for hydroxylation is 1. The molecule has 1 unspecified atom stereocenters. The molecule has 0 radical (unpaired) electrons. The van der Waals surface area contributed by atoms with E-state index >= 15 is 0 Å². The van der Waals surface area contributed by atoms with Gasteiger partial charge < -0.3 is 15.2 Å². The van der Waals surface area contributed by atoms with Gasteiger partial charge in [-0.2, -0.15) is 0 Å². The van der Waals surface area contributed by atoms with E-state index in [1.54, 1.807) is 0 Å². The molecule has 1 aromatic carbocycles. The molecule has 7 nitrogen and oxygen atoms in total. The van der Waals surface area contributed by atoms with Crippen LogP contribution in [-0.2, 0) is 20.1 Å². The number of nitrogens with one attached hydrogen (secondary N) is 2. The van der Waals surface area contributed by atoms with Crippen LogP contribution in [0.15, 0.2) is 35.3 Å². The molecule has 0 aliphatic carbocycles. The zero-order valence-electron chi connectivity index (χ0n) is 18.6. The standard InChI is InChI=1S/C22H37N7/c1-6-7-14-23-22(25-16-21-27-26-19(3)29(21)5)24-15-13-18(2)28(4)17-20-11-9-8-10-12-20/h8-12,18H,6-7,13-17H2,1-5H3,(H2,23,24,25). The Kier molecular flexibility index (Phi) is 9.64. The molecule has 2 rings (SSSR count). The lowest BCUT2D eigenvalue weighted by Gasteiger charge is -2.25. The zero-order valence-corrected chi connectivity index (χ0v) is 18.6. The number of rotatable bonds is 11. The number of nitrogens with zero attached hydrogens (tertiary/aromatic N) is 5. The third kappa shape index (κ3) is 7.85.